The Balaban J connectivity index is 2.43. The lowest BCUT2D eigenvalue weighted by Gasteiger charge is -2.13. The Kier molecular flexibility index (Phi) is 5.99. The van der Waals surface area contributed by atoms with Gasteiger partial charge < -0.3 is 10.1 Å². The molecule has 0 bridgehead atoms. The summed E-state index contributed by atoms with van der Waals surface area (Å²) in [4.78, 5) is 24.3. The van der Waals surface area contributed by atoms with E-state index in [1.54, 1.807) is 24.3 Å². The fourth-order valence-electron chi connectivity index (χ4n) is 1.80. The Morgan fingerprint density at radius 1 is 1.14 bits per heavy atom. The fraction of sp³-hybridized carbons (Fsp3) is 0.0667. The number of hydrogen-bond acceptors (Lipinski definition) is 3. The van der Waals surface area contributed by atoms with Gasteiger partial charge in [-0.15, -0.1) is 0 Å². The molecule has 114 valence electrons. The van der Waals surface area contributed by atoms with Crippen molar-refractivity contribution in [1.29, 1.82) is 0 Å². The molecule has 2 aromatic rings. The van der Waals surface area contributed by atoms with Gasteiger partial charge in [-0.2, -0.15) is 0 Å². The molecular formula is C15H10Br2INO3. The van der Waals surface area contributed by atoms with Crippen molar-refractivity contribution in [2.24, 2.45) is 0 Å². The van der Waals surface area contributed by atoms with Gasteiger partial charge in [-0.05, 0) is 62.8 Å². The topological polar surface area (TPSA) is 55.4 Å². The number of esters is 1. The van der Waals surface area contributed by atoms with Gasteiger partial charge in [-0.3, -0.25) is 4.79 Å². The van der Waals surface area contributed by atoms with Gasteiger partial charge in [0.25, 0.3) is 5.91 Å². The molecule has 0 spiro atoms. The lowest BCUT2D eigenvalue weighted by atomic mass is 10.1. The zero-order valence-electron chi connectivity index (χ0n) is 11.3. The summed E-state index contributed by atoms with van der Waals surface area (Å²) < 4.78 is 6.87. The smallest absolute Gasteiger partial charge is 0.340 e. The van der Waals surface area contributed by atoms with E-state index in [2.05, 4.69) is 59.8 Å². The average Bonchev–Trinajstić information content (AvgIpc) is 2.49. The Hall–Kier alpha value is -0.930. The normalized spacial score (nSPS) is 10.2. The molecule has 2 rings (SSSR count). The number of halogens is 3. The molecule has 2 aromatic carbocycles. The van der Waals surface area contributed by atoms with E-state index in [-0.39, 0.29) is 11.5 Å². The number of carbonyl (C=O) groups is 2. The van der Waals surface area contributed by atoms with Gasteiger partial charge in [0, 0.05) is 12.5 Å². The Morgan fingerprint density at radius 2 is 1.82 bits per heavy atom. The number of amides is 1. The first kappa shape index (κ1) is 17.4. The molecule has 0 aliphatic heterocycles. The highest BCUT2D eigenvalue weighted by Gasteiger charge is 2.19. The van der Waals surface area contributed by atoms with Crippen LogP contribution < -0.4 is 5.32 Å². The minimum absolute atomic E-state index is 0.267. The molecule has 0 aromatic heterocycles. The second-order valence-corrected chi connectivity index (χ2v) is 7.17. The maximum atomic E-state index is 12.4. The van der Waals surface area contributed by atoms with Crippen molar-refractivity contribution in [2.75, 3.05) is 12.4 Å². The zero-order valence-corrected chi connectivity index (χ0v) is 16.7. The van der Waals surface area contributed by atoms with Gasteiger partial charge in [0.1, 0.15) is 0 Å². The summed E-state index contributed by atoms with van der Waals surface area (Å²) in [6.45, 7) is 0. The van der Waals surface area contributed by atoms with Gasteiger partial charge in [0.15, 0.2) is 0 Å². The molecular weight excluding hydrogens is 529 g/mol. The summed E-state index contributed by atoms with van der Waals surface area (Å²) >= 11 is 8.77. The SMILES string of the molecule is COC(=O)c1cc(Br)cc(Br)c1NC(=O)c1ccccc1I. The molecule has 0 saturated heterocycles. The van der Waals surface area contributed by atoms with E-state index >= 15 is 0 Å². The number of hydrogen-bond donors (Lipinski definition) is 1. The molecule has 0 heterocycles. The molecule has 0 atom stereocenters. The van der Waals surface area contributed by atoms with Crippen LogP contribution in [0, 0.1) is 3.57 Å². The minimum atomic E-state index is -0.528. The van der Waals surface area contributed by atoms with Crippen LogP contribution in [0.2, 0.25) is 0 Å². The summed E-state index contributed by atoms with van der Waals surface area (Å²) in [5, 5.41) is 2.77. The van der Waals surface area contributed by atoms with Crippen molar-refractivity contribution < 1.29 is 14.3 Å². The quantitative estimate of drug-likeness (QED) is 0.449. The van der Waals surface area contributed by atoms with Crippen LogP contribution in [0.5, 0.6) is 0 Å². The molecule has 4 nitrogen and oxygen atoms in total. The van der Waals surface area contributed by atoms with Crippen LogP contribution in [-0.4, -0.2) is 19.0 Å². The second-order valence-electron chi connectivity index (χ2n) is 4.24. The molecule has 1 amide bonds. The van der Waals surface area contributed by atoms with Crippen molar-refractivity contribution in [3.8, 4) is 0 Å². The molecule has 1 N–H and O–H groups in total. The first-order valence-electron chi connectivity index (χ1n) is 6.07. The fourth-order valence-corrected chi connectivity index (χ4v) is 3.75. The zero-order chi connectivity index (χ0) is 16.3. The number of ether oxygens (including phenoxy) is 1. The van der Waals surface area contributed by atoms with E-state index in [9.17, 15) is 9.59 Å². The predicted molar refractivity (Wildman–Crippen MR) is 100 cm³/mol. The maximum absolute atomic E-state index is 12.4. The highest BCUT2D eigenvalue weighted by atomic mass is 127. The standard InChI is InChI=1S/C15H10Br2INO3/c1-22-15(21)10-6-8(16)7-11(17)13(10)19-14(20)9-4-2-3-5-12(9)18/h2-7H,1H3,(H,19,20). The van der Waals surface area contributed by atoms with Gasteiger partial charge in [0.2, 0.25) is 0 Å². The first-order chi connectivity index (χ1) is 10.4. The summed E-state index contributed by atoms with van der Waals surface area (Å²) in [5.74, 6) is -0.821. The average molecular weight is 539 g/mol. The van der Waals surface area contributed by atoms with E-state index in [0.29, 0.717) is 20.2 Å². The van der Waals surface area contributed by atoms with Crippen molar-refractivity contribution in [3.63, 3.8) is 0 Å². The number of carbonyl (C=O) groups excluding carboxylic acids is 2. The number of anilines is 1. The monoisotopic (exact) mass is 537 g/mol. The van der Waals surface area contributed by atoms with E-state index in [4.69, 9.17) is 4.74 Å². The Labute approximate surface area is 158 Å². The molecule has 0 unspecified atom stereocenters. The van der Waals surface area contributed by atoms with Gasteiger partial charge in [-0.1, -0.05) is 28.1 Å². The molecule has 22 heavy (non-hydrogen) atoms. The summed E-state index contributed by atoms with van der Waals surface area (Å²) in [6, 6.07) is 10.6. The van der Waals surface area contributed by atoms with Crippen LogP contribution in [0.25, 0.3) is 0 Å². The van der Waals surface area contributed by atoms with Crippen LogP contribution in [0.15, 0.2) is 45.3 Å². The largest absolute Gasteiger partial charge is 0.465 e. The number of methoxy groups -OCH3 is 1. The Bertz CT molecular complexity index is 750. The van der Waals surface area contributed by atoms with E-state index in [0.717, 1.165) is 3.57 Å². The van der Waals surface area contributed by atoms with E-state index < -0.39 is 5.97 Å². The predicted octanol–water partition coefficient (Wildman–Crippen LogP) is 4.86. The number of nitrogens with one attached hydrogen (secondary N) is 1. The second kappa shape index (κ2) is 7.56. The molecule has 0 fully saturated rings. The van der Waals surface area contributed by atoms with Crippen molar-refractivity contribution in [1.82, 2.24) is 0 Å². The summed E-state index contributed by atoms with van der Waals surface area (Å²) in [5.41, 5.74) is 1.18. The van der Waals surface area contributed by atoms with Crippen LogP contribution in [0.4, 0.5) is 5.69 Å². The van der Waals surface area contributed by atoms with E-state index in [1.807, 2.05) is 12.1 Å². The molecule has 0 radical (unpaired) electrons. The maximum Gasteiger partial charge on any atom is 0.340 e. The highest BCUT2D eigenvalue weighted by Crippen LogP contribution is 2.32. The lowest BCUT2D eigenvalue weighted by molar-refractivity contribution is 0.0602. The number of benzene rings is 2. The third kappa shape index (κ3) is 3.88. The molecule has 0 aliphatic carbocycles. The van der Waals surface area contributed by atoms with Crippen molar-refractivity contribution in [3.05, 3.63) is 60.0 Å². The van der Waals surface area contributed by atoms with E-state index in [1.165, 1.54) is 7.11 Å². The summed E-state index contributed by atoms with van der Waals surface area (Å²) in [6.07, 6.45) is 0. The Morgan fingerprint density at radius 3 is 2.45 bits per heavy atom. The third-order valence-corrected chi connectivity index (χ3v) is 4.84. The van der Waals surface area contributed by atoms with Gasteiger partial charge >= 0.3 is 5.97 Å². The lowest BCUT2D eigenvalue weighted by Crippen LogP contribution is -2.17. The van der Waals surface area contributed by atoms with Gasteiger partial charge in [-0.25, -0.2) is 4.79 Å². The highest BCUT2D eigenvalue weighted by molar-refractivity contribution is 14.1. The summed E-state index contributed by atoms with van der Waals surface area (Å²) in [7, 11) is 1.29. The third-order valence-electron chi connectivity index (χ3n) is 2.82. The first-order valence-corrected chi connectivity index (χ1v) is 8.73. The van der Waals surface area contributed by atoms with Crippen LogP contribution >= 0.6 is 54.5 Å². The van der Waals surface area contributed by atoms with Crippen LogP contribution in [-0.2, 0) is 4.74 Å². The van der Waals surface area contributed by atoms with Crippen LogP contribution in [0.1, 0.15) is 20.7 Å². The molecule has 0 aliphatic rings. The van der Waals surface area contributed by atoms with Crippen molar-refractivity contribution in [2.45, 2.75) is 0 Å². The minimum Gasteiger partial charge on any atom is -0.465 e. The van der Waals surface area contributed by atoms with Crippen molar-refractivity contribution >= 4 is 72.0 Å². The number of rotatable bonds is 3. The van der Waals surface area contributed by atoms with Gasteiger partial charge in [0.05, 0.1) is 23.9 Å². The molecule has 7 heteroatoms. The molecule has 0 saturated carbocycles. The van der Waals surface area contributed by atoms with Crippen LogP contribution in [0.3, 0.4) is 0 Å².